The Kier molecular flexibility index (Phi) is 5.82. The summed E-state index contributed by atoms with van der Waals surface area (Å²) >= 11 is 0. The Balaban J connectivity index is 0.00000176. The van der Waals surface area contributed by atoms with Gasteiger partial charge in [0.1, 0.15) is 0 Å². The number of piperazine rings is 1. The minimum Gasteiger partial charge on any atom is -0.382 e. The predicted octanol–water partition coefficient (Wildman–Crippen LogP) is 0.460. The molecule has 1 fully saturated rings. The molecule has 0 unspecified atom stereocenters. The van der Waals surface area contributed by atoms with Crippen molar-refractivity contribution in [1.29, 1.82) is 0 Å². The number of aromatic nitrogens is 3. The van der Waals surface area contributed by atoms with Crippen LogP contribution < -0.4 is 16.3 Å². The lowest BCUT2D eigenvalue weighted by Gasteiger charge is -2.27. The molecule has 3 rings (SSSR count). The van der Waals surface area contributed by atoms with Crippen molar-refractivity contribution in [2.45, 2.75) is 13.3 Å². The van der Waals surface area contributed by atoms with Crippen LogP contribution in [0.4, 0.5) is 5.69 Å². The first-order chi connectivity index (χ1) is 10.2. The van der Waals surface area contributed by atoms with Crippen LogP contribution in [0.1, 0.15) is 12.0 Å². The third kappa shape index (κ3) is 3.79. The zero-order valence-electron chi connectivity index (χ0n) is 12.8. The van der Waals surface area contributed by atoms with Crippen molar-refractivity contribution in [2.75, 3.05) is 44.6 Å². The topological polar surface area (TPSA) is 77.5 Å². The van der Waals surface area contributed by atoms with Crippen molar-refractivity contribution in [3.8, 4) is 0 Å². The lowest BCUT2D eigenvalue weighted by Crippen LogP contribution is -2.44. The van der Waals surface area contributed by atoms with Crippen LogP contribution in [0.15, 0.2) is 17.1 Å². The number of halogens is 1. The smallest absolute Gasteiger partial charge is 0.347 e. The third-order valence-corrected chi connectivity index (χ3v) is 3.83. The monoisotopic (exact) mass is 326 g/mol. The molecule has 0 saturated carbocycles. The van der Waals surface area contributed by atoms with Gasteiger partial charge >= 0.3 is 5.69 Å². The van der Waals surface area contributed by atoms with E-state index in [2.05, 4.69) is 25.7 Å². The number of hydrogen-bond donors (Lipinski definition) is 3. The fraction of sp³-hybridized carbons (Fsp3) is 0.571. The molecule has 7 nitrogen and oxygen atoms in total. The van der Waals surface area contributed by atoms with Gasteiger partial charge in [0.05, 0.1) is 5.69 Å². The van der Waals surface area contributed by atoms with Gasteiger partial charge in [0.25, 0.3) is 0 Å². The molecule has 0 spiro atoms. The molecule has 3 N–H and O–H groups in total. The van der Waals surface area contributed by atoms with Crippen LogP contribution in [0.25, 0.3) is 5.65 Å². The van der Waals surface area contributed by atoms with E-state index in [-0.39, 0.29) is 18.1 Å². The van der Waals surface area contributed by atoms with Crippen LogP contribution in [-0.2, 0) is 0 Å². The number of nitrogens with one attached hydrogen (secondary N) is 3. The van der Waals surface area contributed by atoms with Gasteiger partial charge in [0, 0.05) is 38.9 Å². The first-order valence-corrected chi connectivity index (χ1v) is 7.48. The van der Waals surface area contributed by atoms with Crippen LogP contribution in [0.2, 0.25) is 0 Å². The van der Waals surface area contributed by atoms with Gasteiger partial charge in [-0.2, -0.15) is 5.10 Å². The Bertz CT molecular complexity index is 661. The van der Waals surface area contributed by atoms with Crippen LogP contribution >= 0.6 is 12.4 Å². The maximum atomic E-state index is 11.6. The molecule has 0 aromatic carbocycles. The van der Waals surface area contributed by atoms with E-state index in [1.807, 2.05) is 13.0 Å². The molecule has 0 aliphatic carbocycles. The SMILES string of the molecule is Cc1cc(NCCCN2CCNCC2)c2n[nH]c(=O)n2c1.Cl. The van der Waals surface area contributed by atoms with Crippen molar-refractivity contribution in [3.63, 3.8) is 0 Å². The van der Waals surface area contributed by atoms with E-state index >= 15 is 0 Å². The Labute approximate surface area is 135 Å². The molecule has 122 valence electrons. The number of nitrogens with zero attached hydrogens (tertiary/aromatic N) is 3. The first-order valence-electron chi connectivity index (χ1n) is 7.48. The summed E-state index contributed by atoms with van der Waals surface area (Å²) < 4.78 is 1.55. The summed E-state index contributed by atoms with van der Waals surface area (Å²) in [4.78, 5) is 14.1. The van der Waals surface area contributed by atoms with Gasteiger partial charge in [0.2, 0.25) is 0 Å². The molecule has 22 heavy (non-hydrogen) atoms. The molecule has 0 atom stereocenters. The first kappa shape index (κ1) is 16.8. The van der Waals surface area contributed by atoms with Gasteiger partial charge in [-0.25, -0.2) is 14.3 Å². The van der Waals surface area contributed by atoms with E-state index in [1.54, 1.807) is 10.6 Å². The summed E-state index contributed by atoms with van der Waals surface area (Å²) in [5.74, 6) is 0. The molecular formula is C14H23ClN6O. The highest BCUT2D eigenvalue weighted by Gasteiger charge is 2.09. The van der Waals surface area contributed by atoms with Crippen molar-refractivity contribution >= 4 is 23.7 Å². The van der Waals surface area contributed by atoms with Gasteiger partial charge in [0.15, 0.2) is 5.65 Å². The van der Waals surface area contributed by atoms with Crippen LogP contribution in [-0.4, -0.2) is 58.8 Å². The molecular weight excluding hydrogens is 304 g/mol. The molecule has 0 bridgehead atoms. The van der Waals surface area contributed by atoms with Crippen LogP contribution in [0.3, 0.4) is 0 Å². The second kappa shape index (κ2) is 7.62. The number of anilines is 1. The number of hydrogen-bond acceptors (Lipinski definition) is 5. The number of aryl methyl sites for hydroxylation is 1. The zero-order valence-corrected chi connectivity index (χ0v) is 13.6. The fourth-order valence-corrected chi connectivity index (χ4v) is 2.74. The molecule has 1 aliphatic rings. The Hall–Kier alpha value is -1.57. The Morgan fingerprint density at radius 3 is 2.91 bits per heavy atom. The highest BCUT2D eigenvalue weighted by molar-refractivity contribution is 5.85. The predicted molar refractivity (Wildman–Crippen MR) is 90.2 cm³/mol. The summed E-state index contributed by atoms with van der Waals surface area (Å²) in [5, 5.41) is 13.3. The maximum absolute atomic E-state index is 11.6. The average molecular weight is 327 g/mol. The molecule has 2 aromatic heterocycles. The van der Waals surface area contributed by atoms with Crippen molar-refractivity contribution in [1.82, 2.24) is 24.8 Å². The van der Waals surface area contributed by atoms with Crippen molar-refractivity contribution in [2.24, 2.45) is 0 Å². The Morgan fingerprint density at radius 2 is 2.14 bits per heavy atom. The highest BCUT2D eigenvalue weighted by atomic mass is 35.5. The van der Waals surface area contributed by atoms with Crippen LogP contribution in [0.5, 0.6) is 0 Å². The molecule has 2 aromatic rings. The zero-order chi connectivity index (χ0) is 14.7. The molecule has 1 saturated heterocycles. The third-order valence-electron chi connectivity index (χ3n) is 3.83. The molecule has 0 radical (unpaired) electrons. The van der Waals surface area contributed by atoms with Gasteiger partial charge in [-0.3, -0.25) is 0 Å². The number of H-pyrrole nitrogens is 1. The van der Waals surface area contributed by atoms with Crippen LogP contribution in [0, 0.1) is 6.92 Å². The molecule has 3 heterocycles. The van der Waals surface area contributed by atoms with Gasteiger partial charge in [-0.1, -0.05) is 0 Å². The molecule has 0 amide bonds. The number of rotatable bonds is 5. The van der Waals surface area contributed by atoms with Gasteiger partial charge < -0.3 is 15.5 Å². The summed E-state index contributed by atoms with van der Waals surface area (Å²) in [7, 11) is 0. The summed E-state index contributed by atoms with van der Waals surface area (Å²) in [6.07, 6.45) is 2.88. The Morgan fingerprint density at radius 1 is 1.36 bits per heavy atom. The fourth-order valence-electron chi connectivity index (χ4n) is 2.74. The summed E-state index contributed by atoms with van der Waals surface area (Å²) in [5.41, 5.74) is 2.41. The lowest BCUT2D eigenvalue weighted by atomic mass is 10.2. The van der Waals surface area contributed by atoms with Crippen molar-refractivity contribution in [3.05, 3.63) is 28.3 Å². The minimum absolute atomic E-state index is 0. The second-order valence-corrected chi connectivity index (χ2v) is 5.53. The average Bonchev–Trinajstić information content (AvgIpc) is 2.86. The van der Waals surface area contributed by atoms with E-state index in [0.717, 1.165) is 56.9 Å². The number of pyridine rings is 1. The summed E-state index contributed by atoms with van der Waals surface area (Å²) in [6, 6.07) is 2.03. The normalized spacial score (nSPS) is 15.7. The van der Waals surface area contributed by atoms with E-state index in [4.69, 9.17) is 0 Å². The quantitative estimate of drug-likeness (QED) is 0.696. The minimum atomic E-state index is -0.197. The second-order valence-electron chi connectivity index (χ2n) is 5.53. The van der Waals surface area contributed by atoms with E-state index in [1.165, 1.54) is 0 Å². The number of aromatic amines is 1. The molecule has 1 aliphatic heterocycles. The van der Waals surface area contributed by atoms with E-state index in [0.29, 0.717) is 5.65 Å². The van der Waals surface area contributed by atoms with Crippen molar-refractivity contribution < 1.29 is 0 Å². The standard InChI is InChI=1S/C14H22N6O.ClH/c1-11-9-12(13-17-18-14(21)20(13)10-11)16-3-2-6-19-7-4-15-5-8-19;/h9-10,15-16H,2-8H2,1H3,(H,18,21);1H. The molecule has 8 heteroatoms. The largest absolute Gasteiger partial charge is 0.382 e. The van der Waals surface area contributed by atoms with Gasteiger partial charge in [-0.05, 0) is 31.5 Å². The van der Waals surface area contributed by atoms with E-state index < -0.39 is 0 Å². The lowest BCUT2D eigenvalue weighted by molar-refractivity contribution is 0.240. The van der Waals surface area contributed by atoms with E-state index in [9.17, 15) is 4.79 Å². The highest BCUT2D eigenvalue weighted by Crippen LogP contribution is 2.15. The number of fused-ring (bicyclic) bond motifs is 1. The summed E-state index contributed by atoms with van der Waals surface area (Å²) in [6.45, 7) is 8.39. The maximum Gasteiger partial charge on any atom is 0.347 e. The van der Waals surface area contributed by atoms with Gasteiger partial charge in [-0.15, -0.1) is 12.4 Å².